The molecule has 35 heavy (non-hydrogen) atoms. The van der Waals surface area contributed by atoms with Gasteiger partial charge in [0.1, 0.15) is 5.82 Å². The summed E-state index contributed by atoms with van der Waals surface area (Å²) in [6.45, 7) is 14.3. The highest BCUT2D eigenvalue weighted by atomic mass is 19.4. The fourth-order valence-electron chi connectivity index (χ4n) is 4.45. The fraction of sp³-hybridized carbons (Fsp3) is 0.346. The molecule has 0 amide bonds. The Hall–Kier alpha value is -3.46. The van der Waals surface area contributed by atoms with Crippen molar-refractivity contribution in [3.8, 4) is 0 Å². The van der Waals surface area contributed by atoms with Crippen molar-refractivity contribution in [3.05, 3.63) is 78.2 Å². The van der Waals surface area contributed by atoms with Crippen LogP contribution in [0.5, 0.6) is 0 Å². The van der Waals surface area contributed by atoms with Gasteiger partial charge in [-0.2, -0.15) is 18.3 Å². The number of pyridine rings is 1. The van der Waals surface area contributed by atoms with E-state index in [-0.39, 0.29) is 17.8 Å². The lowest BCUT2D eigenvalue weighted by Crippen LogP contribution is -2.46. The molecule has 1 aromatic carbocycles. The molecule has 1 N–H and O–H groups in total. The van der Waals surface area contributed by atoms with E-state index in [2.05, 4.69) is 38.6 Å². The third kappa shape index (κ3) is 5.00. The minimum absolute atomic E-state index is 0.00757. The van der Waals surface area contributed by atoms with E-state index in [1.165, 1.54) is 13.0 Å². The molecule has 6 nitrogen and oxygen atoms in total. The number of hydrogen-bond donors (Lipinski definition) is 1. The molecule has 0 aliphatic carbocycles. The van der Waals surface area contributed by atoms with Crippen LogP contribution in [-0.4, -0.2) is 40.5 Å². The van der Waals surface area contributed by atoms with Crippen molar-refractivity contribution in [2.45, 2.75) is 45.2 Å². The molecule has 0 radical (unpaired) electrons. The summed E-state index contributed by atoms with van der Waals surface area (Å²) in [6.07, 6.45) is 0.547. The fourth-order valence-corrected chi connectivity index (χ4v) is 4.45. The first-order chi connectivity index (χ1) is 16.6. The maximum absolute atomic E-state index is 13.5. The Balaban J connectivity index is 1.74. The molecule has 0 spiro atoms. The Morgan fingerprint density at radius 2 is 1.94 bits per heavy atom. The number of hydrogen-bond acceptors (Lipinski definition) is 6. The molecule has 3 aromatic rings. The van der Waals surface area contributed by atoms with Crippen LogP contribution < -0.4 is 10.2 Å². The summed E-state index contributed by atoms with van der Waals surface area (Å²) in [5.74, 6) is 1.19. The summed E-state index contributed by atoms with van der Waals surface area (Å²) in [4.78, 5) is 6.77. The number of fused-ring (bicyclic) bond motifs is 1. The van der Waals surface area contributed by atoms with Crippen molar-refractivity contribution in [1.29, 1.82) is 0 Å². The van der Waals surface area contributed by atoms with E-state index in [1.54, 1.807) is 24.4 Å². The van der Waals surface area contributed by atoms with Gasteiger partial charge in [-0.25, -0.2) is 4.98 Å². The lowest BCUT2D eigenvalue weighted by molar-refractivity contribution is -0.138. The topological polar surface area (TPSA) is 63.2 Å². The van der Waals surface area contributed by atoms with E-state index >= 15 is 0 Å². The molecule has 1 aliphatic rings. The summed E-state index contributed by atoms with van der Waals surface area (Å²) in [5, 5.41) is 13.4. The molecular formula is C26H28F3N5O. The van der Waals surface area contributed by atoms with Gasteiger partial charge in [-0.15, -0.1) is 18.3 Å². The molecule has 184 valence electrons. The Labute approximate surface area is 202 Å². The van der Waals surface area contributed by atoms with Crippen LogP contribution in [0.1, 0.15) is 35.3 Å². The minimum Gasteiger partial charge on any atom is -0.368 e. The van der Waals surface area contributed by atoms with Gasteiger partial charge in [0.15, 0.2) is 5.82 Å². The average molecular weight is 484 g/mol. The van der Waals surface area contributed by atoms with Gasteiger partial charge in [-0.3, -0.25) is 0 Å². The van der Waals surface area contributed by atoms with Gasteiger partial charge >= 0.3 is 6.18 Å². The van der Waals surface area contributed by atoms with Crippen molar-refractivity contribution >= 4 is 22.4 Å². The number of nitrogens with one attached hydrogen (secondary N) is 1. The van der Waals surface area contributed by atoms with E-state index in [9.17, 15) is 13.2 Å². The number of morpholine rings is 1. The van der Waals surface area contributed by atoms with Gasteiger partial charge < -0.3 is 15.0 Å². The van der Waals surface area contributed by atoms with Gasteiger partial charge in [0.25, 0.3) is 0 Å². The largest absolute Gasteiger partial charge is 0.416 e. The summed E-state index contributed by atoms with van der Waals surface area (Å²) in [7, 11) is 0. The molecule has 0 unspecified atom stereocenters. The van der Waals surface area contributed by atoms with Gasteiger partial charge in [0, 0.05) is 30.1 Å². The van der Waals surface area contributed by atoms with Crippen molar-refractivity contribution in [1.82, 2.24) is 15.2 Å². The van der Waals surface area contributed by atoms with Crippen molar-refractivity contribution in [2.75, 3.05) is 23.3 Å². The number of rotatable bonds is 6. The Morgan fingerprint density at radius 1 is 1.17 bits per heavy atom. The molecule has 0 bridgehead atoms. The van der Waals surface area contributed by atoms with Crippen LogP contribution in [0.3, 0.4) is 0 Å². The molecule has 1 saturated heterocycles. The molecule has 9 heteroatoms. The van der Waals surface area contributed by atoms with Crippen LogP contribution in [0.4, 0.5) is 24.8 Å². The van der Waals surface area contributed by atoms with Gasteiger partial charge in [-0.1, -0.05) is 24.3 Å². The smallest absolute Gasteiger partial charge is 0.368 e. The first-order valence-corrected chi connectivity index (χ1v) is 11.3. The van der Waals surface area contributed by atoms with Crippen molar-refractivity contribution in [2.24, 2.45) is 0 Å². The average Bonchev–Trinajstić information content (AvgIpc) is 2.83. The second-order valence-corrected chi connectivity index (χ2v) is 8.72. The molecular weight excluding hydrogens is 455 g/mol. The number of alkyl halides is 3. The zero-order valence-corrected chi connectivity index (χ0v) is 19.9. The van der Waals surface area contributed by atoms with Crippen LogP contribution in [-0.2, 0) is 10.9 Å². The molecule has 3 atom stereocenters. The van der Waals surface area contributed by atoms with Crippen LogP contribution in [0.15, 0.2) is 55.8 Å². The second kappa shape index (κ2) is 9.65. The molecule has 1 fully saturated rings. The SMILES string of the molecule is C=C[C@@H]1CN(c2cc3c(N[C@H](C=C)c4cccc(C(F)(F)F)c4C)nnc(C)c3cn2)C[C@H](C)O1. The first kappa shape index (κ1) is 24.7. The van der Waals surface area contributed by atoms with E-state index in [0.717, 1.165) is 22.7 Å². The number of benzene rings is 1. The predicted octanol–water partition coefficient (Wildman–Crippen LogP) is 5.78. The maximum Gasteiger partial charge on any atom is 0.416 e. The van der Waals surface area contributed by atoms with Crippen molar-refractivity contribution < 1.29 is 17.9 Å². The van der Waals surface area contributed by atoms with Crippen LogP contribution in [0.25, 0.3) is 10.8 Å². The summed E-state index contributed by atoms with van der Waals surface area (Å²) < 4.78 is 46.3. The number of halogens is 3. The predicted molar refractivity (Wildman–Crippen MR) is 132 cm³/mol. The van der Waals surface area contributed by atoms with Crippen LogP contribution in [0, 0.1) is 13.8 Å². The maximum atomic E-state index is 13.5. The Morgan fingerprint density at radius 3 is 2.63 bits per heavy atom. The zero-order valence-electron chi connectivity index (χ0n) is 19.9. The van der Waals surface area contributed by atoms with E-state index < -0.39 is 17.8 Å². The molecule has 1 aliphatic heterocycles. The van der Waals surface area contributed by atoms with Crippen LogP contribution in [0.2, 0.25) is 0 Å². The van der Waals surface area contributed by atoms with Crippen molar-refractivity contribution in [3.63, 3.8) is 0 Å². The third-order valence-corrected chi connectivity index (χ3v) is 6.25. The highest BCUT2D eigenvalue weighted by Crippen LogP contribution is 2.36. The molecule has 4 rings (SSSR count). The van der Waals surface area contributed by atoms with Gasteiger partial charge in [0.05, 0.1) is 29.5 Å². The minimum atomic E-state index is -4.44. The summed E-state index contributed by atoms with van der Waals surface area (Å²) >= 11 is 0. The Bertz CT molecular complexity index is 1260. The highest BCUT2D eigenvalue weighted by molar-refractivity contribution is 5.94. The van der Waals surface area contributed by atoms with E-state index in [4.69, 9.17) is 4.74 Å². The molecule has 2 aromatic heterocycles. The normalized spacial score (nSPS) is 19.4. The van der Waals surface area contributed by atoms with Crippen LogP contribution >= 0.6 is 0 Å². The highest BCUT2D eigenvalue weighted by Gasteiger charge is 2.33. The number of anilines is 2. The number of nitrogens with zero attached hydrogens (tertiary/aromatic N) is 4. The van der Waals surface area contributed by atoms with E-state index in [0.29, 0.717) is 30.2 Å². The number of aromatic nitrogens is 3. The number of ether oxygens (including phenoxy) is 1. The molecule has 3 heterocycles. The first-order valence-electron chi connectivity index (χ1n) is 11.3. The lowest BCUT2D eigenvalue weighted by atomic mass is 9.96. The second-order valence-electron chi connectivity index (χ2n) is 8.72. The lowest BCUT2D eigenvalue weighted by Gasteiger charge is -2.36. The molecule has 0 saturated carbocycles. The Kier molecular flexibility index (Phi) is 6.80. The standard InChI is InChI=1S/C26H28F3N5O/c1-6-18-14-34(13-15(3)35-18)24-11-20-21(12-30-24)17(5)32-33-25(20)31-23(7-2)19-9-8-10-22(16(19)4)26(27,28)29/h6-12,15,18,23H,1-2,13-14H2,3-5H3,(H,31,33)/t15-,18+,23+/m0/s1. The summed E-state index contributed by atoms with van der Waals surface area (Å²) in [5.41, 5.74) is 0.639. The van der Waals surface area contributed by atoms with E-state index in [1.807, 2.05) is 19.9 Å². The van der Waals surface area contributed by atoms with Gasteiger partial charge in [-0.05, 0) is 44.0 Å². The number of aryl methyl sites for hydroxylation is 1. The quantitative estimate of drug-likeness (QED) is 0.449. The van der Waals surface area contributed by atoms with Gasteiger partial charge in [0.2, 0.25) is 0 Å². The summed E-state index contributed by atoms with van der Waals surface area (Å²) in [6, 6.07) is 5.46. The zero-order chi connectivity index (χ0) is 25.3. The monoisotopic (exact) mass is 483 g/mol. The third-order valence-electron chi connectivity index (χ3n) is 6.25.